The number of aryl methyl sites for hydroxylation is 1. The number of nitrogens with zero attached hydrogens (tertiary/aromatic N) is 1. The Balaban J connectivity index is 2.50. The van der Waals surface area contributed by atoms with Gasteiger partial charge >= 0.3 is 0 Å². The van der Waals surface area contributed by atoms with Gasteiger partial charge < -0.3 is 4.90 Å². The minimum absolute atomic E-state index is 0.882. The summed E-state index contributed by atoms with van der Waals surface area (Å²) in [6.07, 6.45) is 3.30. The summed E-state index contributed by atoms with van der Waals surface area (Å²) in [5.41, 5.74) is 2.51. The Hall–Kier alpha value is -0.830. The van der Waals surface area contributed by atoms with Crippen molar-refractivity contribution in [2.45, 2.75) is 12.8 Å². The molecule has 3 heteroatoms. The molecule has 0 unspecified atom stereocenters. The SMILES string of the molecule is CN1CCCc2csc(C=O)c21. The molecule has 0 saturated heterocycles. The lowest BCUT2D eigenvalue weighted by Gasteiger charge is -2.25. The minimum atomic E-state index is 0.882. The number of hydrogen-bond acceptors (Lipinski definition) is 3. The van der Waals surface area contributed by atoms with E-state index in [2.05, 4.69) is 17.3 Å². The van der Waals surface area contributed by atoms with E-state index >= 15 is 0 Å². The van der Waals surface area contributed by atoms with Crippen molar-refractivity contribution >= 4 is 23.3 Å². The summed E-state index contributed by atoms with van der Waals surface area (Å²) >= 11 is 1.56. The van der Waals surface area contributed by atoms with E-state index in [0.717, 1.165) is 24.1 Å². The molecule has 2 heterocycles. The second kappa shape index (κ2) is 2.90. The van der Waals surface area contributed by atoms with Crippen LogP contribution in [0.3, 0.4) is 0 Å². The number of fused-ring (bicyclic) bond motifs is 1. The highest BCUT2D eigenvalue weighted by atomic mass is 32.1. The molecule has 0 spiro atoms. The molecule has 0 N–H and O–H groups in total. The van der Waals surface area contributed by atoms with E-state index in [1.165, 1.54) is 17.7 Å². The fourth-order valence-corrected chi connectivity index (χ4v) is 2.67. The highest BCUT2D eigenvalue weighted by Gasteiger charge is 2.18. The van der Waals surface area contributed by atoms with Gasteiger partial charge in [0.25, 0.3) is 0 Å². The Labute approximate surface area is 75.8 Å². The monoisotopic (exact) mass is 181 g/mol. The Bertz CT molecular complexity index is 305. The molecule has 0 atom stereocenters. The molecular formula is C9H11NOS. The third kappa shape index (κ3) is 1.05. The Morgan fingerprint density at radius 3 is 3.25 bits per heavy atom. The average Bonchev–Trinajstić information content (AvgIpc) is 2.49. The second-order valence-electron chi connectivity index (χ2n) is 3.12. The molecule has 1 aliphatic heterocycles. The van der Waals surface area contributed by atoms with Gasteiger partial charge in [-0.05, 0) is 23.8 Å². The maximum atomic E-state index is 10.7. The van der Waals surface area contributed by atoms with Crippen molar-refractivity contribution in [1.29, 1.82) is 0 Å². The van der Waals surface area contributed by atoms with Gasteiger partial charge in [0.15, 0.2) is 6.29 Å². The van der Waals surface area contributed by atoms with Crippen molar-refractivity contribution in [3.8, 4) is 0 Å². The molecule has 0 amide bonds. The van der Waals surface area contributed by atoms with E-state index < -0.39 is 0 Å². The molecule has 0 saturated carbocycles. The number of aldehydes is 1. The summed E-state index contributed by atoms with van der Waals surface area (Å²) in [6.45, 7) is 1.07. The molecule has 64 valence electrons. The van der Waals surface area contributed by atoms with Crippen molar-refractivity contribution in [2.24, 2.45) is 0 Å². The van der Waals surface area contributed by atoms with Crippen LogP contribution in [0.4, 0.5) is 5.69 Å². The fourth-order valence-electron chi connectivity index (χ4n) is 1.72. The molecule has 1 aromatic rings. The van der Waals surface area contributed by atoms with Crippen LogP contribution in [-0.2, 0) is 6.42 Å². The quantitative estimate of drug-likeness (QED) is 0.617. The molecule has 0 fully saturated rings. The van der Waals surface area contributed by atoms with Crippen LogP contribution in [0.2, 0.25) is 0 Å². The summed E-state index contributed by atoms with van der Waals surface area (Å²) in [7, 11) is 2.05. The van der Waals surface area contributed by atoms with Gasteiger partial charge in [-0.2, -0.15) is 0 Å². The summed E-state index contributed by atoms with van der Waals surface area (Å²) in [4.78, 5) is 13.7. The molecule has 0 radical (unpaired) electrons. The predicted octanol–water partition coefficient (Wildman–Crippen LogP) is 1.94. The van der Waals surface area contributed by atoms with Gasteiger partial charge in [0, 0.05) is 13.6 Å². The van der Waals surface area contributed by atoms with Crippen molar-refractivity contribution in [2.75, 3.05) is 18.5 Å². The first-order valence-electron chi connectivity index (χ1n) is 4.09. The average molecular weight is 181 g/mol. The van der Waals surface area contributed by atoms with Gasteiger partial charge in [-0.3, -0.25) is 4.79 Å². The van der Waals surface area contributed by atoms with Crippen LogP contribution < -0.4 is 4.90 Å². The molecule has 1 aliphatic rings. The molecule has 0 aliphatic carbocycles. The van der Waals surface area contributed by atoms with Gasteiger partial charge in [0.2, 0.25) is 0 Å². The smallest absolute Gasteiger partial charge is 0.162 e. The van der Waals surface area contributed by atoms with Crippen LogP contribution in [0.15, 0.2) is 5.38 Å². The third-order valence-corrected chi connectivity index (χ3v) is 3.24. The zero-order valence-corrected chi connectivity index (χ0v) is 7.86. The molecule has 1 aromatic heterocycles. The van der Waals surface area contributed by atoms with Crippen molar-refractivity contribution < 1.29 is 4.79 Å². The zero-order chi connectivity index (χ0) is 8.55. The minimum Gasteiger partial charge on any atom is -0.373 e. The van der Waals surface area contributed by atoms with E-state index in [9.17, 15) is 4.79 Å². The van der Waals surface area contributed by atoms with E-state index in [-0.39, 0.29) is 0 Å². The van der Waals surface area contributed by atoms with Gasteiger partial charge in [0.05, 0.1) is 10.6 Å². The van der Waals surface area contributed by atoms with Crippen molar-refractivity contribution in [3.05, 3.63) is 15.8 Å². The van der Waals surface area contributed by atoms with Crippen molar-refractivity contribution in [1.82, 2.24) is 0 Å². The van der Waals surface area contributed by atoms with Crippen LogP contribution in [0, 0.1) is 0 Å². The molecule has 0 aromatic carbocycles. The number of rotatable bonds is 1. The van der Waals surface area contributed by atoms with E-state index in [0.29, 0.717) is 0 Å². The Kier molecular flexibility index (Phi) is 1.89. The van der Waals surface area contributed by atoms with E-state index in [4.69, 9.17) is 0 Å². The standard InChI is InChI=1S/C9H11NOS/c1-10-4-2-3-7-6-12-8(5-11)9(7)10/h5-6H,2-4H2,1H3. The maximum Gasteiger partial charge on any atom is 0.162 e. The zero-order valence-electron chi connectivity index (χ0n) is 7.04. The fraction of sp³-hybridized carbons (Fsp3) is 0.444. The Morgan fingerprint density at radius 1 is 1.67 bits per heavy atom. The van der Waals surface area contributed by atoms with Gasteiger partial charge in [-0.15, -0.1) is 11.3 Å². The van der Waals surface area contributed by atoms with Crippen molar-refractivity contribution in [3.63, 3.8) is 0 Å². The van der Waals surface area contributed by atoms with E-state index in [1.807, 2.05) is 0 Å². The Morgan fingerprint density at radius 2 is 2.50 bits per heavy atom. The maximum absolute atomic E-state index is 10.7. The first-order chi connectivity index (χ1) is 5.83. The topological polar surface area (TPSA) is 20.3 Å². The number of anilines is 1. The molecule has 12 heavy (non-hydrogen) atoms. The van der Waals surface area contributed by atoms with Crippen LogP contribution in [0.1, 0.15) is 21.7 Å². The molecular weight excluding hydrogens is 170 g/mol. The molecule has 2 nitrogen and oxygen atoms in total. The lowest BCUT2D eigenvalue weighted by molar-refractivity contribution is 0.112. The first-order valence-corrected chi connectivity index (χ1v) is 4.97. The summed E-state index contributed by atoms with van der Waals surface area (Å²) in [5, 5.41) is 2.11. The number of carbonyl (C=O) groups excluding carboxylic acids is 1. The number of thiophene rings is 1. The first kappa shape index (κ1) is 7.80. The molecule has 0 bridgehead atoms. The predicted molar refractivity (Wildman–Crippen MR) is 51.3 cm³/mol. The van der Waals surface area contributed by atoms with Crippen LogP contribution in [0.5, 0.6) is 0 Å². The normalized spacial score (nSPS) is 15.9. The highest BCUT2D eigenvalue weighted by Crippen LogP contribution is 2.33. The largest absolute Gasteiger partial charge is 0.373 e. The lowest BCUT2D eigenvalue weighted by Crippen LogP contribution is -2.24. The highest BCUT2D eigenvalue weighted by molar-refractivity contribution is 7.12. The van der Waals surface area contributed by atoms with Crippen LogP contribution >= 0.6 is 11.3 Å². The number of carbonyl (C=O) groups is 1. The van der Waals surface area contributed by atoms with Crippen LogP contribution in [0.25, 0.3) is 0 Å². The summed E-state index contributed by atoms with van der Waals surface area (Å²) in [6, 6.07) is 0. The van der Waals surface area contributed by atoms with E-state index in [1.54, 1.807) is 11.3 Å². The summed E-state index contributed by atoms with van der Waals surface area (Å²) in [5.74, 6) is 0. The molecule has 2 rings (SSSR count). The van der Waals surface area contributed by atoms with Gasteiger partial charge in [-0.1, -0.05) is 0 Å². The lowest BCUT2D eigenvalue weighted by atomic mass is 10.1. The third-order valence-electron chi connectivity index (χ3n) is 2.29. The number of hydrogen-bond donors (Lipinski definition) is 0. The second-order valence-corrected chi connectivity index (χ2v) is 4.03. The van der Waals surface area contributed by atoms with Crippen LogP contribution in [-0.4, -0.2) is 19.9 Å². The summed E-state index contributed by atoms with van der Waals surface area (Å²) < 4.78 is 0. The van der Waals surface area contributed by atoms with Gasteiger partial charge in [-0.25, -0.2) is 0 Å². The van der Waals surface area contributed by atoms with Gasteiger partial charge in [0.1, 0.15) is 0 Å².